The lowest BCUT2D eigenvalue weighted by Gasteiger charge is -2.15. The molecule has 22 heavy (non-hydrogen) atoms. The van der Waals surface area contributed by atoms with E-state index in [0.29, 0.717) is 23.3 Å². The third-order valence-corrected chi connectivity index (χ3v) is 3.53. The number of aryl methyl sites for hydroxylation is 1. The SMILES string of the molecule is CCOC(=O)c1cn(OCC)c2cc(F)c(C)c(C)c2c1=O. The Labute approximate surface area is 127 Å². The van der Waals surface area contributed by atoms with Crippen LogP contribution in [0.3, 0.4) is 0 Å². The molecule has 118 valence electrons. The molecule has 6 heteroatoms. The molecule has 0 radical (unpaired) electrons. The van der Waals surface area contributed by atoms with Gasteiger partial charge >= 0.3 is 5.97 Å². The summed E-state index contributed by atoms with van der Waals surface area (Å²) in [6, 6.07) is 1.24. The molecule has 0 saturated carbocycles. The zero-order valence-corrected chi connectivity index (χ0v) is 13.0. The maximum absolute atomic E-state index is 14.0. The molecular formula is C16H18FNO4. The molecule has 0 unspecified atom stereocenters. The average Bonchev–Trinajstić information content (AvgIpc) is 2.47. The zero-order valence-electron chi connectivity index (χ0n) is 13.0. The highest BCUT2D eigenvalue weighted by atomic mass is 19.1. The topological polar surface area (TPSA) is 57.5 Å². The fourth-order valence-corrected chi connectivity index (χ4v) is 2.30. The summed E-state index contributed by atoms with van der Waals surface area (Å²) in [5, 5.41) is 0.262. The molecule has 5 nitrogen and oxygen atoms in total. The van der Waals surface area contributed by atoms with Gasteiger partial charge in [-0.25, -0.2) is 9.18 Å². The summed E-state index contributed by atoms with van der Waals surface area (Å²) in [6.45, 7) is 7.11. The largest absolute Gasteiger partial charge is 0.462 e. The number of rotatable bonds is 4. The van der Waals surface area contributed by atoms with Crippen LogP contribution in [0.15, 0.2) is 17.1 Å². The summed E-state index contributed by atoms with van der Waals surface area (Å²) in [5.74, 6) is -1.15. The first-order chi connectivity index (χ1) is 10.4. The molecule has 0 saturated heterocycles. The van der Waals surface area contributed by atoms with Gasteiger partial charge in [0, 0.05) is 6.07 Å². The van der Waals surface area contributed by atoms with Crippen LogP contribution in [0.1, 0.15) is 35.3 Å². The molecule has 0 aliphatic rings. The number of esters is 1. The summed E-state index contributed by atoms with van der Waals surface area (Å²) >= 11 is 0. The molecule has 0 aliphatic carbocycles. The second kappa shape index (κ2) is 6.17. The Bertz CT molecular complexity index is 795. The van der Waals surface area contributed by atoms with Gasteiger partial charge in [0.05, 0.1) is 23.7 Å². The van der Waals surface area contributed by atoms with Crippen LogP contribution in [0.4, 0.5) is 4.39 Å². The van der Waals surface area contributed by atoms with Gasteiger partial charge in [-0.2, -0.15) is 4.73 Å². The predicted molar refractivity (Wildman–Crippen MR) is 80.7 cm³/mol. The van der Waals surface area contributed by atoms with Crippen LogP contribution in [-0.4, -0.2) is 23.9 Å². The van der Waals surface area contributed by atoms with Crippen molar-refractivity contribution in [1.82, 2.24) is 4.73 Å². The van der Waals surface area contributed by atoms with E-state index >= 15 is 0 Å². The maximum atomic E-state index is 14.0. The average molecular weight is 307 g/mol. The Morgan fingerprint density at radius 2 is 1.91 bits per heavy atom. The lowest BCUT2D eigenvalue weighted by atomic mass is 10.0. The lowest BCUT2D eigenvalue weighted by Crippen LogP contribution is -2.24. The third-order valence-electron chi connectivity index (χ3n) is 3.53. The highest BCUT2D eigenvalue weighted by Gasteiger charge is 2.20. The standard InChI is InChI=1S/C16H18FNO4/c1-5-21-16(20)11-8-18(22-6-2)13-7-12(17)9(3)10(4)14(13)15(11)19/h7-8H,5-6H2,1-4H3. The summed E-state index contributed by atoms with van der Waals surface area (Å²) in [6.07, 6.45) is 1.25. The van der Waals surface area contributed by atoms with E-state index in [1.807, 2.05) is 0 Å². The second-order valence-corrected chi connectivity index (χ2v) is 4.84. The van der Waals surface area contributed by atoms with Gasteiger partial charge < -0.3 is 9.57 Å². The normalized spacial score (nSPS) is 10.8. The van der Waals surface area contributed by atoms with Crippen molar-refractivity contribution in [2.75, 3.05) is 13.2 Å². The van der Waals surface area contributed by atoms with E-state index in [9.17, 15) is 14.0 Å². The number of aromatic nitrogens is 1. The van der Waals surface area contributed by atoms with Crippen LogP contribution in [-0.2, 0) is 4.74 Å². The molecule has 2 aromatic rings. The fraction of sp³-hybridized carbons (Fsp3) is 0.375. The summed E-state index contributed by atoms with van der Waals surface area (Å²) in [4.78, 5) is 30.0. The number of benzene rings is 1. The van der Waals surface area contributed by atoms with Gasteiger partial charge in [-0.15, -0.1) is 0 Å². The zero-order chi connectivity index (χ0) is 16.4. The molecular weight excluding hydrogens is 289 g/mol. The van der Waals surface area contributed by atoms with E-state index in [1.165, 1.54) is 17.0 Å². The van der Waals surface area contributed by atoms with Gasteiger partial charge in [0.25, 0.3) is 0 Å². The van der Waals surface area contributed by atoms with E-state index in [1.54, 1.807) is 27.7 Å². The fourth-order valence-electron chi connectivity index (χ4n) is 2.30. The van der Waals surface area contributed by atoms with E-state index in [4.69, 9.17) is 9.57 Å². The highest BCUT2D eigenvalue weighted by Crippen LogP contribution is 2.22. The Morgan fingerprint density at radius 3 is 2.50 bits per heavy atom. The smallest absolute Gasteiger partial charge is 0.343 e. The lowest BCUT2D eigenvalue weighted by molar-refractivity contribution is 0.0518. The van der Waals surface area contributed by atoms with Crippen molar-refractivity contribution < 1.29 is 18.8 Å². The Morgan fingerprint density at radius 1 is 1.23 bits per heavy atom. The Hall–Kier alpha value is -2.37. The molecule has 0 bridgehead atoms. The first kappa shape index (κ1) is 16.0. The number of fused-ring (bicyclic) bond motifs is 1. The predicted octanol–water partition coefficient (Wildman–Crippen LogP) is 2.38. The number of carbonyl (C=O) groups excluding carboxylic acids is 1. The molecule has 0 fully saturated rings. The van der Waals surface area contributed by atoms with Crippen molar-refractivity contribution >= 4 is 16.9 Å². The molecule has 0 spiro atoms. The molecule has 1 aromatic carbocycles. The first-order valence-electron chi connectivity index (χ1n) is 7.07. The third kappa shape index (κ3) is 2.56. The van der Waals surface area contributed by atoms with Gasteiger partial charge in [0.1, 0.15) is 18.0 Å². The molecule has 2 rings (SSSR count). The van der Waals surface area contributed by atoms with Crippen LogP contribution in [0.2, 0.25) is 0 Å². The number of hydrogen-bond donors (Lipinski definition) is 0. The second-order valence-electron chi connectivity index (χ2n) is 4.84. The minimum Gasteiger partial charge on any atom is -0.462 e. The van der Waals surface area contributed by atoms with Crippen molar-refractivity contribution in [3.05, 3.63) is 45.0 Å². The van der Waals surface area contributed by atoms with Crippen molar-refractivity contribution in [2.24, 2.45) is 0 Å². The number of carbonyl (C=O) groups is 1. The minimum atomic E-state index is -0.718. The van der Waals surface area contributed by atoms with Gasteiger partial charge in [-0.1, -0.05) is 0 Å². The number of ether oxygens (including phenoxy) is 1. The minimum absolute atomic E-state index is 0.128. The highest BCUT2D eigenvalue weighted by molar-refractivity contribution is 5.95. The quantitative estimate of drug-likeness (QED) is 0.814. The first-order valence-corrected chi connectivity index (χ1v) is 7.07. The molecule has 0 N–H and O–H groups in total. The molecule has 0 aliphatic heterocycles. The summed E-state index contributed by atoms with van der Waals surface area (Å²) < 4.78 is 20.1. The van der Waals surface area contributed by atoms with Crippen molar-refractivity contribution in [1.29, 1.82) is 0 Å². The van der Waals surface area contributed by atoms with Gasteiger partial charge in [0.2, 0.25) is 5.43 Å². The number of nitrogens with zero attached hydrogens (tertiary/aromatic N) is 1. The van der Waals surface area contributed by atoms with E-state index in [2.05, 4.69) is 0 Å². The Balaban J connectivity index is 2.89. The summed E-state index contributed by atoms with van der Waals surface area (Å²) in [5.41, 5.74) is 0.538. The molecule has 0 amide bonds. The molecule has 1 heterocycles. The summed E-state index contributed by atoms with van der Waals surface area (Å²) in [7, 11) is 0. The van der Waals surface area contributed by atoms with Crippen molar-refractivity contribution in [3.63, 3.8) is 0 Å². The van der Waals surface area contributed by atoms with Crippen LogP contribution in [0.5, 0.6) is 0 Å². The van der Waals surface area contributed by atoms with E-state index in [0.717, 1.165) is 0 Å². The van der Waals surface area contributed by atoms with Crippen molar-refractivity contribution in [3.8, 4) is 0 Å². The number of halogens is 1. The molecule has 1 aromatic heterocycles. The number of hydrogen-bond acceptors (Lipinski definition) is 4. The molecule has 0 atom stereocenters. The Kier molecular flexibility index (Phi) is 4.49. The monoisotopic (exact) mass is 307 g/mol. The number of pyridine rings is 1. The maximum Gasteiger partial charge on any atom is 0.343 e. The van der Waals surface area contributed by atoms with E-state index < -0.39 is 17.2 Å². The van der Waals surface area contributed by atoms with E-state index in [-0.39, 0.29) is 17.6 Å². The van der Waals surface area contributed by atoms with Crippen LogP contribution in [0.25, 0.3) is 10.9 Å². The van der Waals surface area contributed by atoms with Crippen LogP contribution < -0.4 is 10.3 Å². The van der Waals surface area contributed by atoms with Gasteiger partial charge in [-0.3, -0.25) is 4.79 Å². The van der Waals surface area contributed by atoms with Gasteiger partial charge in [-0.05, 0) is 38.8 Å². The van der Waals surface area contributed by atoms with Crippen LogP contribution in [0, 0.1) is 19.7 Å². The van der Waals surface area contributed by atoms with Crippen LogP contribution >= 0.6 is 0 Å². The van der Waals surface area contributed by atoms with Gasteiger partial charge in [0.15, 0.2) is 0 Å². The van der Waals surface area contributed by atoms with Crippen molar-refractivity contribution in [2.45, 2.75) is 27.7 Å².